The number of benzene rings is 1. The van der Waals surface area contributed by atoms with Gasteiger partial charge in [-0.3, -0.25) is 19.3 Å². The van der Waals surface area contributed by atoms with Crippen molar-refractivity contribution in [3.8, 4) is 0 Å². The molecule has 1 aliphatic heterocycles. The Labute approximate surface area is 278 Å². The van der Waals surface area contributed by atoms with Crippen LogP contribution in [0.1, 0.15) is 46.7 Å². The van der Waals surface area contributed by atoms with Gasteiger partial charge in [0.15, 0.2) is 5.13 Å². The Kier molecular flexibility index (Phi) is 11.8. The minimum Gasteiger partial charge on any atom is -0.481 e. The van der Waals surface area contributed by atoms with E-state index in [1.807, 2.05) is 13.0 Å². The van der Waals surface area contributed by atoms with Crippen LogP contribution < -0.4 is 15.5 Å². The number of anilines is 4. The highest BCUT2D eigenvalue weighted by Crippen LogP contribution is 2.34. The highest BCUT2D eigenvalue weighted by Gasteiger charge is 2.40. The molecule has 1 aromatic carbocycles. The zero-order valence-electron chi connectivity index (χ0n) is 25.8. The van der Waals surface area contributed by atoms with Crippen LogP contribution in [0.5, 0.6) is 0 Å². The van der Waals surface area contributed by atoms with E-state index in [0.29, 0.717) is 70.9 Å². The zero-order valence-corrected chi connectivity index (χ0v) is 27.3. The Bertz CT molecular complexity index is 1600. The van der Waals surface area contributed by atoms with Crippen molar-refractivity contribution in [2.24, 2.45) is 5.41 Å². The number of nitrogens with one attached hydrogen (secondary N) is 2. The van der Waals surface area contributed by atoms with E-state index in [0.717, 1.165) is 16.9 Å². The second kappa shape index (κ2) is 15.8. The molecular weight excluding hydrogens is 656 g/mol. The molecule has 47 heavy (non-hydrogen) atoms. The Morgan fingerprint density at radius 2 is 1.89 bits per heavy atom. The first-order valence-corrected chi connectivity index (χ1v) is 15.9. The molecule has 2 aromatic heterocycles. The summed E-state index contributed by atoms with van der Waals surface area (Å²) in [5.41, 5.74) is -0.194. The molecule has 0 aliphatic carbocycles. The van der Waals surface area contributed by atoms with Gasteiger partial charge in [0.05, 0.1) is 35.3 Å². The van der Waals surface area contributed by atoms with Crippen molar-refractivity contribution in [2.45, 2.75) is 39.5 Å². The minimum atomic E-state index is -1.57. The third-order valence-electron chi connectivity index (χ3n) is 7.79. The number of halogens is 1. The molecule has 4 rings (SSSR count). The number of carbonyl (C=O) groups excluding carboxylic acids is 1. The van der Waals surface area contributed by atoms with Crippen molar-refractivity contribution in [3.63, 3.8) is 0 Å². The predicted octanol–water partition coefficient (Wildman–Crippen LogP) is 4.25. The van der Waals surface area contributed by atoms with E-state index in [2.05, 4.69) is 40.2 Å². The van der Waals surface area contributed by atoms with Gasteiger partial charge >= 0.3 is 11.9 Å². The number of aryl methyl sites for hydroxylation is 2. The zero-order chi connectivity index (χ0) is 34.1. The molecular formula is C29H35ClN8O8S. The van der Waals surface area contributed by atoms with Crippen LogP contribution in [0.2, 0.25) is 5.02 Å². The van der Waals surface area contributed by atoms with Crippen molar-refractivity contribution in [2.75, 3.05) is 54.9 Å². The van der Waals surface area contributed by atoms with Gasteiger partial charge in [-0.2, -0.15) is 0 Å². The summed E-state index contributed by atoms with van der Waals surface area (Å²) in [5.74, 6) is -1.13. The molecule has 1 aliphatic rings. The first-order chi connectivity index (χ1) is 22.3. The number of para-hydroxylation sites is 1. The Morgan fingerprint density at radius 3 is 2.55 bits per heavy atom. The molecule has 4 N–H and O–H groups in total. The van der Waals surface area contributed by atoms with Gasteiger partial charge in [0.1, 0.15) is 22.3 Å². The summed E-state index contributed by atoms with van der Waals surface area (Å²) in [6.45, 7) is 5.97. The molecule has 3 aromatic rings. The van der Waals surface area contributed by atoms with Gasteiger partial charge in [0, 0.05) is 32.2 Å². The van der Waals surface area contributed by atoms with Crippen LogP contribution in [-0.2, 0) is 14.4 Å². The Morgan fingerprint density at radius 1 is 1.15 bits per heavy atom. The topological polar surface area (TPSA) is 213 Å². The summed E-state index contributed by atoms with van der Waals surface area (Å²) in [7, 11) is 0. The standard InChI is InChI=1S/C29H35ClN8O8S/c1-18-5-3-6-20(30)25(18)35-26(41)21-17-31-28(47-21)34-22-15-23(33-19(2)32-22)37-12-10-36(11-13-37)9-8-29(27(42)43,16-24(39)40)7-4-14-46-38(44)45/h3,5-6,15,17H,4,7-14,16H2,1-2H3,(H,35,41)(H,39,40)(H,42,43)(H,31,32,33,34). The fraction of sp³-hybridized carbons (Fsp3) is 0.448. The number of aromatic nitrogens is 3. The summed E-state index contributed by atoms with van der Waals surface area (Å²) in [4.78, 5) is 69.2. The fourth-order valence-electron chi connectivity index (χ4n) is 5.29. The molecule has 0 bridgehead atoms. The van der Waals surface area contributed by atoms with Crippen molar-refractivity contribution >= 4 is 63.2 Å². The van der Waals surface area contributed by atoms with E-state index in [4.69, 9.17) is 11.6 Å². The summed E-state index contributed by atoms with van der Waals surface area (Å²) in [6, 6.07) is 7.15. The molecule has 0 radical (unpaired) electrons. The van der Waals surface area contributed by atoms with E-state index in [9.17, 15) is 34.7 Å². The first kappa shape index (κ1) is 35.2. The average Bonchev–Trinajstić information content (AvgIpc) is 3.48. The number of piperazine rings is 1. The van der Waals surface area contributed by atoms with Crippen LogP contribution >= 0.6 is 22.9 Å². The summed E-state index contributed by atoms with van der Waals surface area (Å²) in [5, 5.41) is 35.7. The number of amides is 1. The lowest BCUT2D eigenvalue weighted by molar-refractivity contribution is -0.757. The van der Waals surface area contributed by atoms with Gasteiger partial charge in [0.2, 0.25) is 0 Å². The van der Waals surface area contributed by atoms with Gasteiger partial charge in [-0.05, 0) is 51.3 Å². The number of carboxylic acid groups (broad SMARTS) is 2. The molecule has 1 fully saturated rings. The van der Waals surface area contributed by atoms with Gasteiger partial charge in [0.25, 0.3) is 11.0 Å². The maximum absolute atomic E-state index is 12.8. The van der Waals surface area contributed by atoms with E-state index in [-0.39, 0.29) is 31.8 Å². The number of hydrogen-bond acceptors (Lipinski definition) is 13. The third kappa shape index (κ3) is 9.69. The van der Waals surface area contributed by atoms with Gasteiger partial charge in [-0.1, -0.05) is 35.1 Å². The second-order valence-corrected chi connectivity index (χ2v) is 12.5. The third-order valence-corrected chi connectivity index (χ3v) is 9.02. The molecule has 16 nitrogen and oxygen atoms in total. The lowest BCUT2D eigenvalue weighted by atomic mass is 9.77. The number of aliphatic carboxylic acids is 2. The largest absolute Gasteiger partial charge is 0.481 e. The maximum Gasteiger partial charge on any atom is 0.310 e. The molecule has 3 heterocycles. The molecule has 1 unspecified atom stereocenters. The lowest BCUT2D eigenvalue weighted by Gasteiger charge is -2.37. The van der Waals surface area contributed by atoms with Gasteiger partial charge in [-0.15, -0.1) is 10.1 Å². The predicted molar refractivity (Wildman–Crippen MR) is 174 cm³/mol. The van der Waals surface area contributed by atoms with Crippen LogP contribution in [-0.4, -0.2) is 92.3 Å². The molecule has 252 valence electrons. The van der Waals surface area contributed by atoms with E-state index < -0.39 is 28.9 Å². The number of carboxylic acids is 2. The van der Waals surface area contributed by atoms with E-state index in [1.165, 1.54) is 6.20 Å². The SMILES string of the molecule is Cc1nc(Nc2ncc(C(=O)Nc3c(C)cccc3Cl)s2)cc(N2CCN(CCC(CCCO[N+](=O)[O-])(CC(=O)O)C(=O)O)CC2)n1. The smallest absolute Gasteiger partial charge is 0.310 e. The van der Waals surface area contributed by atoms with E-state index in [1.54, 1.807) is 25.1 Å². The molecule has 0 spiro atoms. The van der Waals surface area contributed by atoms with Crippen LogP contribution in [0.25, 0.3) is 0 Å². The number of rotatable bonds is 16. The summed E-state index contributed by atoms with van der Waals surface area (Å²) < 4.78 is 0. The summed E-state index contributed by atoms with van der Waals surface area (Å²) >= 11 is 7.40. The molecule has 1 amide bonds. The Hall–Kier alpha value is -4.61. The number of carbonyl (C=O) groups is 3. The molecule has 0 saturated carbocycles. The van der Waals surface area contributed by atoms with E-state index >= 15 is 0 Å². The van der Waals surface area contributed by atoms with Gasteiger partial charge < -0.3 is 30.6 Å². The van der Waals surface area contributed by atoms with Crippen LogP contribution in [0, 0.1) is 29.4 Å². The summed E-state index contributed by atoms with van der Waals surface area (Å²) in [6.07, 6.45) is 0.918. The monoisotopic (exact) mass is 690 g/mol. The molecule has 1 atom stereocenters. The number of hydrogen-bond donors (Lipinski definition) is 4. The van der Waals surface area contributed by atoms with Crippen molar-refractivity contribution in [3.05, 3.63) is 61.9 Å². The van der Waals surface area contributed by atoms with Crippen molar-refractivity contribution in [1.82, 2.24) is 19.9 Å². The van der Waals surface area contributed by atoms with Crippen molar-refractivity contribution in [1.29, 1.82) is 0 Å². The van der Waals surface area contributed by atoms with Crippen LogP contribution in [0.3, 0.4) is 0 Å². The number of thiazole rings is 1. The molecule has 18 heteroatoms. The van der Waals surface area contributed by atoms with Gasteiger partial charge in [-0.25, -0.2) is 15.0 Å². The lowest BCUT2D eigenvalue weighted by Crippen LogP contribution is -2.48. The van der Waals surface area contributed by atoms with Crippen molar-refractivity contribution < 1.29 is 34.5 Å². The highest BCUT2D eigenvalue weighted by atomic mass is 35.5. The van der Waals surface area contributed by atoms with Crippen LogP contribution in [0.15, 0.2) is 30.5 Å². The quantitative estimate of drug-likeness (QED) is 0.0940. The maximum atomic E-state index is 12.8. The highest BCUT2D eigenvalue weighted by molar-refractivity contribution is 7.17. The fourth-order valence-corrected chi connectivity index (χ4v) is 6.28. The minimum absolute atomic E-state index is 0.0372. The first-order valence-electron chi connectivity index (χ1n) is 14.7. The van der Waals surface area contributed by atoms with Crippen LogP contribution in [0.4, 0.5) is 22.5 Å². The number of nitrogens with zero attached hydrogens (tertiary/aromatic N) is 6. The second-order valence-electron chi connectivity index (χ2n) is 11.1. The molecule has 1 saturated heterocycles. The normalized spacial score (nSPS) is 14.7. The Balaban J connectivity index is 1.34. The average molecular weight is 691 g/mol.